The fourth-order valence-corrected chi connectivity index (χ4v) is 1.88. The van der Waals surface area contributed by atoms with Crippen LogP contribution < -0.4 is 16.2 Å². The summed E-state index contributed by atoms with van der Waals surface area (Å²) in [5.41, 5.74) is -0.169. The number of amides is 1. The Balaban J connectivity index is 2.35. The van der Waals surface area contributed by atoms with E-state index in [4.69, 9.17) is 20.8 Å². The van der Waals surface area contributed by atoms with Gasteiger partial charge < -0.3 is 15.5 Å². The van der Waals surface area contributed by atoms with Gasteiger partial charge in [0.05, 0.1) is 0 Å². The lowest BCUT2D eigenvalue weighted by Crippen LogP contribution is -2.30. The van der Waals surface area contributed by atoms with E-state index >= 15 is 0 Å². The molecule has 0 aliphatic heterocycles. The zero-order chi connectivity index (χ0) is 17.1. The van der Waals surface area contributed by atoms with Gasteiger partial charge in [0.1, 0.15) is 33.8 Å². The van der Waals surface area contributed by atoms with E-state index in [0.717, 1.165) is 0 Å². The van der Waals surface area contributed by atoms with Gasteiger partial charge in [0.2, 0.25) is 0 Å². The standard InChI is InChI=1S/C14H9B2FN2O4/c15-8-2-1-7(11(16)12(8)17)6-3-9(20)13(18-4-6)14(23)19-5-10(21)22/h1-4,20H,5H2,(H,19,23)(H,21,22). The Labute approximate surface area is 133 Å². The van der Waals surface area contributed by atoms with Crippen LogP contribution in [0.15, 0.2) is 24.4 Å². The van der Waals surface area contributed by atoms with Crippen molar-refractivity contribution in [1.82, 2.24) is 10.3 Å². The van der Waals surface area contributed by atoms with E-state index in [9.17, 15) is 19.1 Å². The molecule has 1 aromatic carbocycles. The summed E-state index contributed by atoms with van der Waals surface area (Å²) in [6.45, 7) is -0.613. The van der Waals surface area contributed by atoms with Crippen LogP contribution in [0, 0.1) is 5.82 Å². The maximum absolute atomic E-state index is 13.7. The molecule has 1 aromatic heterocycles. The molecule has 4 radical (unpaired) electrons. The molecule has 0 atom stereocenters. The van der Waals surface area contributed by atoms with Gasteiger partial charge in [-0.1, -0.05) is 23.1 Å². The number of aromatic hydroxyl groups is 1. The van der Waals surface area contributed by atoms with Crippen molar-refractivity contribution in [3.63, 3.8) is 0 Å². The highest BCUT2D eigenvalue weighted by Gasteiger charge is 2.16. The van der Waals surface area contributed by atoms with Crippen molar-refractivity contribution >= 4 is 38.5 Å². The lowest BCUT2D eigenvalue weighted by Gasteiger charge is -2.11. The molecule has 3 N–H and O–H groups in total. The number of carboxylic acid groups (broad SMARTS) is 1. The maximum Gasteiger partial charge on any atom is 0.322 e. The average molecular weight is 310 g/mol. The van der Waals surface area contributed by atoms with Crippen molar-refractivity contribution in [2.45, 2.75) is 0 Å². The second-order valence-electron chi connectivity index (χ2n) is 4.60. The molecule has 1 heterocycles. The smallest absolute Gasteiger partial charge is 0.322 e. The van der Waals surface area contributed by atoms with Gasteiger partial charge in [-0.2, -0.15) is 0 Å². The van der Waals surface area contributed by atoms with Crippen LogP contribution in [-0.4, -0.2) is 49.3 Å². The highest BCUT2D eigenvalue weighted by Crippen LogP contribution is 2.23. The summed E-state index contributed by atoms with van der Waals surface area (Å²) in [5, 5.41) is 20.4. The Kier molecular flexibility index (Phi) is 4.68. The summed E-state index contributed by atoms with van der Waals surface area (Å²) >= 11 is 0. The van der Waals surface area contributed by atoms with Crippen LogP contribution in [0.4, 0.5) is 4.39 Å². The highest BCUT2D eigenvalue weighted by atomic mass is 19.1. The number of hydrogen-bond donors (Lipinski definition) is 3. The molecule has 9 heteroatoms. The number of hydrogen-bond acceptors (Lipinski definition) is 4. The van der Waals surface area contributed by atoms with E-state index in [1.807, 2.05) is 0 Å². The Morgan fingerprint density at radius 3 is 2.61 bits per heavy atom. The van der Waals surface area contributed by atoms with Gasteiger partial charge in [0, 0.05) is 11.8 Å². The highest BCUT2D eigenvalue weighted by molar-refractivity contribution is 6.40. The molecule has 2 aromatic rings. The molecule has 2 rings (SSSR count). The molecular formula is C14H9B2FN2O4. The van der Waals surface area contributed by atoms with Crippen LogP contribution >= 0.6 is 0 Å². The molecule has 0 aliphatic carbocycles. The molecular weight excluding hydrogens is 301 g/mol. The minimum Gasteiger partial charge on any atom is -0.505 e. The van der Waals surface area contributed by atoms with E-state index in [1.165, 1.54) is 24.4 Å². The van der Waals surface area contributed by atoms with Crippen molar-refractivity contribution in [3.8, 4) is 16.9 Å². The minimum atomic E-state index is -1.24. The average Bonchev–Trinajstić information content (AvgIpc) is 2.50. The monoisotopic (exact) mass is 310 g/mol. The topological polar surface area (TPSA) is 99.5 Å². The number of nitrogens with zero attached hydrogens (tertiary/aromatic N) is 1. The van der Waals surface area contributed by atoms with Crippen molar-refractivity contribution in [3.05, 3.63) is 35.9 Å². The molecule has 0 unspecified atom stereocenters. The van der Waals surface area contributed by atoms with Gasteiger partial charge in [0.25, 0.3) is 5.91 Å². The van der Waals surface area contributed by atoms with E-state index in [1.54, 1.807) is 0 Å². The summed E-state index contributed by atoms with van der Waals surface area (Å²) in [6, 6.07) is 3.93. The molecule has 0 saturated heterocycles. The van der Waals surface area contributed by atoms with Crippen LogP contribution in [0.2, 0.25) is 0 Å². The number of pyridine rings is 1. The molecule has 0 bridgehead atoms. The third kappa shape index (κ3) is 3.50. The lowest BCUT2D eigenvalue weighted by atomic mass is 9.81. The van der Waals surface area contributed by atoms with Gasteiger partial charge in [-0.05, 0) is 11.6 Å². The number of carbonyl (C=O) groups excluding carboxylic acids is 1. The van der Waals surface area contributed by atoms with Gasteiger partial charge in [-0.25, -0.2) is 9.37 Å². The van der Waals surface area contributed by atoms with Crippen LogP contribution in [0.1, 0.15) is 10.5 Å². The Morgan fingerprint density at radius 1 is 1.30 bits per heavy atom. The van der Waals surface area contributed by atoms with E-state index in [2.05, 4.69) is 10.3 Å². The number of carbonyl (C=O) groups is 2. The summed E-state index contributed by atoms with van der Waals surface area (Å²) in [6.07, 6.45) is 1.21. The molecule has 0 spiro atoms. The van der Waals surface area contributed by atoms with Crippen molar-refractivity contribution in [2.24, 2.45) is 0 Å². The van der Waals surface area contributed by atoms with Crippen LogP contribution in [-0.2, 0) is 4.79 Å². The number of carboxylic acids is 1. The zero-order valence-electron chi connectivity index (χ0n) is 11.7. The van der Waals surface area contributed by atoms with Crippen LogP contribution in [0.25, 0.3) is 11.1 Å². The summed E-state index contributed by atoms with van der Waals surface area (Å²) in [7, 11) is 11.0. The first-order valence-corrected chi connectivity index (χ1v) is 6.34. The fraction of sp³-hybridized carbons (Fsp3) is 0.0714. The molecule has 23 heavy (non-hydrogen) atoms. The second kappa shape index (κ2) is 6.51. The lowest BCUT2D eigenvalue weighted by molar-refractivity contribution is -0.135. The summed E-state index contributed by atoms with van der Waals surface area (Å²) in [4.78, 5) is 25.8. The normalized spacial score (nSPS) is 10.3. The first-order valence-electron chi connectivity index (χ1n) is 6.34. The quantitative estimate of drug-likeness (QED) is 0.629. The van der Waals surface area contributed by atoms with Crippen molar-refractivity contribution in [1.29, 1.82) is 0 Å². The van der Waals surface area contributed by atoms with Crippen molar-refractivity contribution in [2.75, 3.05) is 6.54 Å². The molecule has 0 saturated carbocycles. The second-order valence-corrected chi connectivity index (χ2v) is 4.60. The largest absolute Gasteiger partial charge is 0.505 e. The predicted octanol–water partition coefficient (Wildman–Crippen LogP) is -1.00. The number of rotatable bonds is 4. The van der Waals surface area contributed by atoms with E-state index in [-0.39, 0.29) is 27.7 Å². The Bertz CT molecular complexity index is 799. The number of benzene rings is 1. The number of aromatic nitrogens is 1. The molecule has 112 valence electrons. The maximum atomic E-state index is 13.7. The third-order valence-corrected chi connectivity index (χ3v) is 3.00. The Hall–Kier alpha value is -2.83. The van der Waals surface area contributed by atoms with Gasteiger partial charge in [-0.15, -0.1) is 0 Å². The number of nitrogens with one attached hydrogen (secondary N) is 1. The van der Waals surface area contributed by atoms with Gasteiger partial charge >= 0.3 is 5.97 Å². The SMILES string of the molecule is [B]c1ccc(-c2cnc(C(=O)NCC(=O)O)c(O)c2)c([B])c1F. The zero-order valence-corrected chi connectivity index (χ0v) is 11.7. The molecule has 6 nitrogen and oxygen atoms in total. The minimum absolute atomic E-state index is 0.118. The van der Waals surface area contributed by atoms with Crippen LogP contribution in [0.3, 0.4) is 0 Å². The van der Waals surface area contributed by atoms with E-state index in [0.29, 0.717) is 0 Å². The van der Waals surface area contributed by atoms with Gasteiger partial charge in [0.15, 0.2) is 5.69 Å². The number of aliphatic carboxylic acids is 1. The Morgan fingerprint density at radius 2 is 2.00 bits per heavy atom. The first-order chi connectivity index (χ1) is 10.8. The summed E-state index contributed by atoms with van der Waals surface area (Å²) < 4.78 is 13.7. The van der Waals surface area contributed by atoms with Crippen molar-refractivity contribution < 1.29 is 24.2 Å². The van der Waals surface area contributed by atoms with Crippen LogP contribution in [0.5, 0.6) is 5.75 Å². The molecule has 1 amide bonds. The third-order valence-electron chi connectivity index (χ3n) is 3.00. The first kappa shape index (κ1) is 16.5. The van der Waals surface area contributed by atoms with E-state index < -0.39 is 30.0 Å². The van der Waals surface area contributed by atoms with Gasteiger partial charge in [-0.3, -0.25) is 9.59 Å². The fourth-order valence-electron chi connectivity index (χ4n) is 1.88. The predicted molar refractivity (Wildman–Crippen MR) is 82.0 cm³/mol. The molecule has 0 fully saturated rings. The number of halogens is 1. The summed E-state index contributed by atoms with van der Waals surface area (Å²) in [5.74, 6) is -3.38. The molecule has 0 aliphatic rings.